The average Bonchev–Trinajstić information content (AvgIpc) is 3.34. The number of furan rings is 1. The highest BCUT2D eigenvalue weighted by molar-refractivity contribution is 5.92. The van der Waals surface area contributed by atoms with E-state index in [1.807, 2.05) is 4.90 Å². The predicted octanol–water partition coefficient (Wildman–Crippen LogP) is 1.70. The van der Waals surface area contributed by atoms with Gasteiger partial charge in [0.15, 0.2) is 17.3 Å². The van der Waals surface area contributed by atoms with Crippen LogP contribution in [0.1, 0.15) is 18.2 Å². The van der Waals surface area contributed by atoms with E-state index < -0.39 is 11.9 Å². The summed E-state index contributed by atoms with van der Waals surface area (Å²) in [5.74, 6) is 0.431. The molecule has 3 aromatic rings. The molecule has 1 aliphatic heterocycles. The van der Waals surface area contributed by atoms with E-state index in [4.69, 9.17) is 25.4 Å². The number of benzene rings is 1. The molecule has 1 unspecified atom stereocenters. The molecule has 0 aliphatic carbocycles. The molecule has 1 saturated heterocycles. The number of nitrogens with two attached hydrogens (primary N) is 2. The number of anilines is 2. The lowest BCUT2D eigenvalue weighted by Gasteiger charge is -2.35. The third-order valence-corrected chi connectivity index (χ3v) is 5.51. The van der Waals surface area contributed by atoms with Crippen molar-refractivity contribution in [2.45, 2.75) is 12.5 Å². The van der Waals surface area contributed by atoms with Crippen LogP contribution in [0.15, 0.2) is 28.9 Å². The maximum absolute atomic E-state index is 15.0. The molecule has 1 aromatic carbocycles. The lowest BCUT2D eigenvalue weighted by molar-refractivity contribution is -0.132. The summed E-state index contributed by atoms with van der Waals surface area (Å²) < 4.78 is 30.6. The first-order valence-electron chi connectivity index (χ1n) is 10.1. The van der Waals surface area contributed by atoms with Crippen molar-refractivity contribution in [1.82, 2.24) is 14.9 Å². The highest BCUT2D eigenvalue weighted by Crippen LogP contribution is 2.37. The molecule has 3 heterocycles. The number of ether oxygens (including phenoxy) is 2. The molecule has 0 spiro atoms. The molecular formula is C21H25FN6O4. The van der Waals surface area contributed by atoms with Crippen LogP contribution in [0.5, 0.6) is 11.5 Å². The molecule has 0 radical (unpaired) electrons. The van der Waals surface area contributed by atoms with Gasteiger partial charge in [-0.3, -0.25) is 4.79 Å². The number of halogens is 1. The van der Waals surface area contributed by atoms with Crippen LogP contribution in [0.4, 0.5) is 16.2 Å². The number of methoxy groups -OCH3 is 2. The summed E-state index contributed by atoms with van der Waals surface area (Å²) in [5.41, 5.74) is 12.2. The molecule has 11 heteroatoms. The Morgan fingerprint density at radius 2 is 2.00 bits per heavy atom. The normalized spacial score (nSPS) is 15.1. The Hall–Kier alpha value is -3.60. The van der Waals surface area contributed by atoms with E-state index in [1.54, 1.807) is 23.1 Å². The summed E-state index contributed by atoms with van der Waals surface area (Å²) in [6.45, 7) is 1.86. The second-order valence-corrected chi connectivity index (χ2v) is 7.42. The molecule has 2 aromatic heterocycles. The van der Waals surface area contributed by atoms with Gasteiger partial charge in [-0.15, -0.1) is 0 Å². The van der Waals surface area contributed by atoms with Crippen LogP contribution in [0.3, 0.4) is 0 Å². The molecular weight excluding hydrogens is 419 g/mol. The van der Waals surface area contributed by atoms with Crippen LogP contribution in [-0.4, -0.2) is 61.2 Å². The monoisotopic (exact) mass is 444 g/mol. The fourth-order valence-electron chi connectivity index (χ4n) is 3.76. The number of rotatable bonds is 6. The number of fused-ring (bicyclic) bond motifs is 1. The van der Waals surface area contributed by atoms with Gasteiger partial charge in [0.2, 0.25) is 11.9 Å². The summed E-state index contributed by atoms with van der Waals surface area (Å²) in [5, 5.41) is 0.338. The van der Waals surface area contributed by atoms with Crippen molar-refractivity contribution in [2.24, 2.45) is 5.73 Å². The van der Waals surface area contributed by atoms with E-state index in [-0.39, 0.29) is 35.2 Å². The molecule has 4 N–H and O–H groups in total. The number of nitrogens with zero attached hydrogens (tertiary/aromatic N) is 4. The molecule has 1 aliphatic rings. The maximum atomic E-state index is 15.0. The molecule has 0 bridgehead atoms. The number of carbonyl (C=O) groups is 1. The number of nitrogen functional groups attached to an aromatic ring is 1. The van der Waals surface area contributed by atoms with Gasteiger partial charge in [-0.25, -0.2) is 9.37 Å². The van der Waals surface area contributed by atoms with Gasteiger partial charge < -0.3 is 35.2 Å². The second-order valence-electron chi connectivity index (χ2n) is 7.42. The quantitative estimate of drug-likeness (QED) is 0.583. The topological polar surface area (TPSA) is 133 Å². The van der Waals surface area contributed by atoms with Crippen molar-refractivity contribution in [3.05, 3.63) is 36.0 Å². The minimum atomic E-state index is -0.669. The lowest BCUT2D eigenvalue weighted by atomic mass is 10.1. The molecule has 4 rings (SSSR count). The number of aromatic nitrogens is 2. The van der Waals surface area contributed by atoms with Crippen molar-refractivity contribution >= 4 is 28.6 Å². The number of hydrogen-bond acceptors (Lipinski definition) is 9. The Kier molecular flexibility index (Phi) is 5.99. The Labute approximate surface area is 183 Å². The van der Waals surface area contributed by atoms with Gasteiger partial charge in [-0.05, 0) is 18.2 Å². The zero-order valence-electron chi connectivity index (χ0n) is 17.9. The van der Waals surface area contributed by atoms with Gasteiger partial charge in [-0.1, -0.05) is 0 Å². The standard InChI is InChI=1S/C21H25FN6O4/c1-30-15-10-12-18(17(22)19(15)31-2)25-21(26-20(12)24)28-7-5-27(6-8-28)16(29)11-13(23)14-4-3-9-32-14/h3-4,9-10,13H,5-8,11,23H2,1-2H3,(H2,24,25,26). The van der Waals surface area contributed by atoms with Crippen LogP contribution in [0, 0.1) is 5.82 Å². The first kappa shape index (κ1) is 21.6. The van der Waals surface area contributed by atoms with Crippen LogP contribution in [0.25, 0.3) is 10.9 Å². The van der Waals surface area contributed by atoms with Crippen LogP contribution in [0.2, 0.25) is 0 Å². The van der Waals surface area contributed by atoms with Crippen molar-refractivity contribution in [2.75, 3.05) is 51.0 Å². The summed E-state index contributed by atoms with van der Waals surface area (Å²) in [6.07, 6.45) is 1.68. The summed E-state index contributed by atoms with van der Waals surface area (Å²) >= 11 is 0. The van der Waals surface area contributed by atoms with Crippen LogP contribution >= 0.6 is 0 Å². The van der Waals surface area contributed by atoms with E-state index >= 15 is 4.39 Å². The average molecular weight is 444 g/mol. The zero-order valence-corrected chi connectivity index (χ0v) is 17.9. The largest absolute Gasteiger partial charge is 0.493 e. The number of hydrogen-bond donors (Lipinski definition) is 2. The molecule has 1 fully saturated rings. The second kappa shape index (κ2) is 8.87. The fraction of sp³-hybridized carbons (Fsp3) is 0.381. The highest BCUT2D eigenvalue weighted by atomic mass is 19.1. The van der Waals surface area contributed by atoms with E-state index in [0.717, 1.165) is 0 Å². The lowest BCUT2D eigenvalue weighted by Crippen LogP contribution is -2.49. The van der Waals surface area contributed by atoms with Crippen LogP contribution < -0.4 is 25.8 Å². The number of amides is 1. The Morgan fingerprint density at radius 1 is 1.25 bits per heavy atom. The zero-order chi connectivity index (χ0) is 22.8. The molecule has 0 saturated carbocycles. The van der Waals surface area contributed by atoms with Crippen LogP contribution in [-0.2, 0) is 4.79 Å². The molecule has 1 atom stereocenters. The smallest absolute Gasteiger partial charge is 0.228 e. The van der Waals surface area contributed by atoms with E-state index in [9.17, 15) is 4.79 Å². The van der Waals surface area contributed by atoms with Gasteiger partial charge in [0.1, 0.15) is 17.1 Å². The third kappa shape index (κ3) is 3.98. The van der Waals surface area contributed by atoms with Gasteiger partial charge in [-0.2, -0.15) is 4.98 Å². The predicted molar refractivity (Wildman–Crippen MR) is 116 cm³/mol. The van der Waals surface area contributed by atoms with Gasteiger partial charge in [0.25, 0.3) is 0 Å². The minimum Gasteiger partial charge on any atom is -0.493 e. The Bertz CT molecular complexity index is 1120. The SMILES string of the molecule is COc1cc2c(N)nc(N3CCN(C(=O)CC(N)c4ccco4)CC3)nc2c(F)c1OC. The first-order chi connectivity index (χ1) is 15.4. The van der Waals surface area contributed by atoms with Gasteiger partial charge in [0, 0.05) is 38.0 Å². The molecule has 10 nitrogen and oxygen atoms in total. The maximum Gasteiger partial charge on any atom is 0.228 e. The molecule has 1 amide bonds. The van der Waals surface area contributed by atoms with Crippen molar-refractivity contribution in [1.29, 1.82) is 0 Å². The van der Waals surface area contributed by atoms with Gasteiger partial charge in [0.05, 0.1) is 26.5 Å². The Balaban J connectivity index is 1.49. The summed E-state index contributed by atoms with van der Waals surface area (Å²) in [4.78, 5) is 24.9. The summed E-state index contributed by atoms with van der Waals surface area (Å²) in [7, 11) is 2.77. The highest BCUT2D eigenvalue weighted by Gasteiger charge is 2.26. The number of carbonyl (C=O) groups excluding carboxylic acids is 1. The Morgan fingerprint density at radius 3 is 2.62 bits per heavy atom. The summed E-state index contributed by atoms with van der Waals surface area (Å²) in [6, 6.07) is 4.55. The van der Waals surface area contributed by atoms with Crippen molar-refractivity contribution in [3.63, 3.8) is 0 Å². The van der Waals surface area contributed by atoms with Crippen molar-refractivity contribution < 1.29 is 23.1 Å². The third-order valence-electron chi connectivity index (χ3n) is 5.51. The first-order valence-corrected chi connectivity index (χ1v) is 10.1. The fourth-order valence-corrected chi connectivity index (χ4v) is 3.76. The van der Waals surface area contributed by atoms with Gasteiger partial charge >= 0.3 is 0 Å². The van der Waals surface area contributed by atoms with E-state index in [0.29, 0.717) is 43.3 Å². The minimum absolute atomic E-state index is 0.0487. The molecule has 32 heavy (non-hydrogen) atoms. The molecule has 170 valence electrons. The van der Waals surface area contributed by atoms with Crippen molar-refractivity contribution in [3.8, 4) is 11.5 Å². The van der Waals surface area contributed by atoms with E-state index in [2.05, 4.69) is 9.97 Å². The number of piperazine rings is 1. The van der Waals surface area contributed by atoms with E-state index in [1.165, 1.54) is 20.5 Å².